The van der Waals surface area contributed by atoms with Gasteiger partial charge in [-0.05, 0) is 39.0 Å². The van der Waals surface area contributed by atoms with E-state index in [-0.39, 0.29) is 27.2 Å². The van der Waals surface area contributed by atoms with Gasteiger partial charge in [0.1, 0.15) is 17.2 Å². The molecular weight excluding hydrogens is 499 g/mol. The van der Waals surface area contributed by atoms with Crippen LogP contribution in [0.15, 0.2) is 46.1 Å². The van der Waals surface area contributed by atoms with E-state index in [9.17, 15) is 13.6 Å². The van der Waals surface area contributed by atoms with Gasteiger partial charge in [-0.2, -0.15) is 4.31 Å². The Morgan fingerprint density at radius 2 is 2.00 bits per heavy atom. The Hall–Kier alpha value is -2.07. The van der Waals surface area contributed by atoms with Crippen LogP contribution in [0.5, 0.6) is 0 Å². The number of ether oxygens (including phenoxy) is 1. The van der Waals surface area contributed by atoms with Gasteiger partial charge in [-0.1, -0.05) is 35.3 Å². The first-order valence-corrected chi connectivity index (χ1v) is 11.8. The van der Waals surface area contributed by atoms with Gasteiger partial charge in [-0.3, -0.25) is 0 Å². The fourth-order valence-electron chi connectivity index (χ4n) is 2.50. The number of anilines is 2. The molecule has 170 valence electrons. The highest BCUT2D eigenvalue weighted by molar-refractivity contribution is 8.01. The van der Waals surface area contributed by atoms with Crippen molar-refractivity contribution >= 4 is 64.1 Å². The van der Waals surface area contributed by atoms with E-state index in [1.165, 1.54) is 29.5 Å². The molecule has 3 rings (SSSR count). The monoisotopic (exact) mass is 517 g/mol. The fourth-order valence-corrected chi connectivity index (χ4v) is 4.39. The summed E-state index contributed by atoms with van der Waals surface area (Å²) in [5, 5.41) is 4.74. The third-order valence-corrected chi connectivity index (χ3v) is 6.11. The lowest BCUT2D eigenvalue weighted by Gasteiger charge is -2.25. The van der Waals surface area contributed by atoms with E-state index in [4.69, 9.17) is 27.9 Å². The molecule has 0 aliphatic rings. The van der Waals surface area contributed by atoms with Crippen LogP contribution >= 0.6 is 46.5 Å². The van der Waals surface area contributed by atoms with Crippen molar-refractivity contribution in [2.75, 3.05) is 9.62 Å². The van der Waals surface area contributed by atoms with E-state index in [1.807, 2.05) is 0 Å². The molecule has 0 unspecified atom stereocenters. The van der Waals surface area contributed by atoms with Crippen LogP contribution in [0.4, 0.5) is 25.1 Å². The number of hydrogen-bond acceptors (Lipinski definition) is 6. The van der Waals surface area contributed by atoms with Crippen molar-refractivity contribution < 1.29 is 18.3 Å². The normalized spacial score (nSPS) is 11.3. The molecule has 32 heavy (non-hydrogen) atoms. The molecule has 1 aromatic heterocycles. The molecule has 0 bridgehead atoms. The van der Waals surface area contributed by atoms with Gasteiger partial charge in [-0.15, -0.1) is 11.3 Å². The minimum atomic E-state index is -0.745. The number of halogens is 4. The maximum absolute atomic E-state index is 14.9. The fraction of sp³-hybridized carbons (Fsp3) is 0.238. The molecule has 11 heteroatoms. The summed E-state index contributed by atoms with van der Waals surface area (Å²) in [6, 6.07) is 7.19. The van der Waals surface area contributed by atoms with E-state index in [2.05, 4.69) is 10.3 Å². The zero-order chi connectivity index (χ0) is 23.5. The number of carbonyl (C=O) groups is 1. The highest BCUT2D eigenvalue weighted by Gasteiger charge is 2.27. The van der Waals surface area contributed by atoms with E-state index in [0.717, 1.165) is 16.3 Å². The van der Waals surface area contributed by atoms with Crippen LogP contribution in [-0.2, 0) is 11.3 Å². The van der Waals surface area contributed by atoms with Crippen molar-refractivity contribution in [1.29, 1.82) is 0 Å². The smallest absolute Gasteiger partial charge is 0.426 e. The first kappa shape index (κ1) is 24.6. The summed E-state index contributed by atoms with van der Waals surface area (Å²) in [6.07, 6.45) is -0.692. The van der Waals surface area contributed by atoms with Crippen LogP contribution in [0, 0.1) is 11.6 Å². The molecule has 1 amide bonds. The van der Waals surface area contributed by atoms with Crippen LogP contribution in [0.25, 0.3) is 0 Å². The minimum absolute atomic E-state index is 0.00222. The number of amides is 1. The molecule has 0 radical (unpaired) electrons. The predicted molar refractivity (Wildman–Crippen MR) is 127 cm³/mol. The standard InChI is InChI=1S/C21H19Cl2F2N3O2S2/c1-21(2,3)30-20(29)28(18-10-31-11-27-18)32-17-7-14(23)16(8-15(17)24)26-9-12-5-4-6-13(22)19(12)25/h4-8,10-11,26H,9H2,1-3H3. The SMILES string of the molecule is CC(C)(C)OC(=O)N(Sc1cc(Cl)c(NCc2cccc(Cl)c2F)cc1F)c1cscn1. The molecule has 3 aromatic rings. The average Bonchev–Trinajstić information content (AvgIpc) is 3.23. The molecule has 0 fully saturated rings. The average molecular weight is 518 g/mol. The van der Waals surface area contributed by atoms with Gasteiger partial charge < -0.3 is 10.1 Å². The topological polar surface area (TPSA) is 54.5 Å². The van der Waals surface area contributed by atoms with Gasteiger partial charge >= 0.3 is 6.09 Å². The lowest BCUT2D eigenvalue weighted by Crippen LogP contribution is -2.32. The van der Waals surface area contributed by atoms with Crippen molar-refractivity contribution in [3.63, 3.8) is 0 Å². The first-order valence-electron chi connectivity index (χ1n) is 9.30. The quantitative estimate of drug-likeness (QED) is 0.338. The molecule has 0 saturated carbocycles. The number of hydrogen-bond donors (Lipinski definition) is 1. The second-order valence-electron chi connectivity index (χ2n) is 7.54. The van der Waals surface area contributed by atoms with E-state index < -0.39 is 23.3 Å². The van der Waals surface area contributed by atoms with E-state index in [0.29, 0.717) is 11.4 Å². The van der Waals surface area contributed by atoms with Gasteiger partial charge in [0.05, 0.1) is 26.1 Å². The second kappa shape index (κ2) is 10.2. The summed E-state index contributed by atoms with van der Waals surface area (Å²) in [4.78, 5) is 16.9. The molecule has 0 atom stereocenters. The maximum atomic E-state index is 14.9. The van der Waals surface area contributed by atoms with Gasteiger partial charge in [0.15, 0.2) is 5.82 Å². The Kier molecular flexibility index (Phi) is 7.87. The predicted octanol–water partition coefficient (Wildman–Crippen LogP) is 7.79. The molecule has 0 spiro atoms. The van der Waals surface area contributed by atoms with Crippen molar-refractivity contribution in [2.24, 2.45) is 0 Å². The summed E-state index contributed by atoms with van der Waals surface area (Å²) in [7, 11) is 0. The summed E-state index contributed by atoms with van der Waals surface area (Å²) >= 11 is 14.2. The Bertz CT molecular complexity index is 1110. The maximum Gasteiger partial charge on any atom is 0.426 e. The van der Waals surface area contributed by atoms with Gasteiger partial charge in [0.2, 0.25) is 0 Å². The molecular formula is C21H19Cl2F2N3O2S2. The second-order valence-corrected chi connectivity index (χ2v) is 10.1. The third-order valence-electron chi connectivity index (χ3n) is 3.90. The summed E-state index contributed by atoms with van der Waals surface area (Å²) in [5.74, 6) is -0.873. The highest BCUT2D eigenvalue weighted by atomic mass is 35.5. The number of aromatic nitrogens is 1. The highest BCUT2D eigenvalue weighted by Crippen LogP contribution is 2.36. The van der Waals surface area contributed by atoms with Crippen LogP contribution in [-0.4, -0.2) is 16.7 Å². The zero-order valence-electron chi connectivity index (χ0n) is 17.3. The van der Waals surface area contributed by atoms with Crippen molar-refractivity contribution in [2.45, 2.75) is 37.8 Å². The minimum Gasteiger partial charge on any atom is -0.443 e. The van der Waals surface area contributed by atoms with Crippen LogP contribution in [0.3, 0.4) is 0 Å². The molecule has 5 nitrogen and oxygen atoms in total. The van der Waals surface area contributed by atoms with Crippen molar-refractivity contribution in [3.05, 3.63) is 68.5 Å². The number of nitrogens with one attached hydrogen (secondary N) is 1. The van der Waals surface area contributed by atoms with Crippen LogP contribution in [0.2, 0.25) is 10.0 Å². The zero-order valence-corrected chi connectivity index (χ0v) is 20.4. The van der Waals surface area contributed by atoms with Crippen LogP contribution < -0.4 is 9.62 Å². The van der Waals surface area contributed by atoms with Crippen molar-refractivity contribution in [3.8, 4) is 0 Å². The molecule has 1 heterocycles. The molecule has 2 aromatic carbocycles. The Balaban J connectivity index is 1.81. The summed E-state index contributed by atoms with van der Waals surface area (Å²) < 4.78 is 35.5. The summed E-state index contributed by atoms with van der Waals surface area (Å²) in [6.45, 7) is 5.25. The first-order chi connectivity index (χ1) is 15.0. The van der Waals surface area contributed by atoms with Gasteiger partial charge in [0.25, 0.3) is 0 Å². The number of carbonyl (C=O) groups excluding carboxylic acids is 1. The number of rotatable bonds is 6. The lowest BCUT2D eigenvalue weighted by atomic mass is 10.2. The van der Waals surface area contributed by atoms with Gasteiger partial charge in [-0.25, -0.2) is 18.6 Å². The third kappa shape index (κ3) is 6.25. The summed E-state index contributed by atoms with van der Waals surface area (Å²) in [5.41, 5.74) is 1.39. The van der Waals surface area contributed by atoms with E-state index in [1.54, 1.807) is 43.8 Å². The molecule has 0 aliphatic carbocycles. The molecule has 0 aliphatic heterocycles. The Morgan fingerprint density at radius 3 is 2.66 bits per heavy atom. The largest absolute Gasteiger partial charge is 0.443 e. The molecule has 0 saturated heterocycles. The number of benzene rings is 2. The lowest BCUT2D eigenvalue weighted by molar-refractivity contribution is 0.0611. The van der Waals surface area contributed by atoms with Crippen LogP contribution in [0.1, 0.15) is 26.3 Å². The Labute approximate surface area is 202 Å². The number of thiazole rings is 1. The Morgan fingerprint density at radius 1 is 1.25 bits per heavy atom. The van der Waals surface area contributed by atoms with Crippen molar-refractivity contribution in [1.82, 2.24) is 4.98 Å². The number of nitrogens with zero attached hydrogens (tertiary/aromatic N) is 2. The van der Waals surface area contributed by atoms with Gasteiger partial charge in [0, 0.05) is 29.4 Å². The van der Waals surface area contributed by atoms with E-state index >= 15 is 0 Å². The molecule has 1 N–H and O–H groups in total.